The molecule has 0 radical (unpaired) electrons. The summed E-state index contributed by atoms with van der Waals surface area (Å²) in [5.41, 5.74) is 1.15. The van der Waals surface area contributed by atoms with Crippen molar-refractivity contribution in [1.82, 2.24) is 24.7 Å². The second kappa shape index (κ2) is 8.68. The molecule has 1 saturated heterocycles. The Labute approximate surface area is 182 Å². The first-order chi connectivity index (χ1) is 14.8. The van der Waals surface area contributed by atoms with Crippen molar-refractivity contribution in [3.05, 3.63) is 29.7 Å². The molecule has 4 rings (SSSR count). The van der Waals surface area contributed by atoms with Gasteiger partial charge in [0.1, 0.15) is 0 Å². The fourth-order valence-corrected chi connectivity index (χ4v) is 5.25. The molecule has 1 aliphatic heterocycles. The fraction of sp³-hybridized carbons (Fsp3) is 0.571. The van der Waals surface area contributed by atoms with Crippen molar-refractivity contribution >= 4 is 15.9 Å². The highest BCUT2D eigenvalue weighted by Crippen LogP contribution is 2.39. The van der Waals surface area contributed by atoms with E-state index < -0.39 is 16.1 Å². The van der Waals surface area contributed by atoms with E-state index in [1.165, 1.54) is 6.07 Å². The van der Waals surface area contributed by atoms with Gasteiger partial charge in [-0.15, -0.1) is 0 Å². The van der Waals surface area contributed by atoms with Gasteiger partial charge in [-0.25, -0.2) is 8.42 Å². The highest BCUT2D eigenvalue weighted by atomic mass is 32.2. The predicted molar refractivity (Wildman–Crippen MR) is 115 cm³/mol. The standard InChI is InChI=1S/C21H29N5O4S/c1-4-25-9-11-26(12-10-25)21(27)15(3)24-31(28,29)18-13-17(6-5-14(18)2)19-22-20(30-23-19)16-7-8-16/h5-6,13,15-16,24H,4,7-12H2,1-3H3/t15-/m0/s1. The van der Waals surface area contributed by atoms with Crippen molar-refractivity contribution in [3.8, 4) is 11.4 Å². The molecule has 1 atom stereocenters. The maximum Gasteiger partial charge on any atom is 0.241 e. The van der Waals surface area contributed by atoms with Crippen molar-refractivity contribution in [2.45, 2.75) is 50.5 Å². The Morgan fingerprint density at radius 3 is 2.61 bits per heavy atom. The number of aromatic nitrogens is 2. The summed E-state index contributed by atoms with van der Waals surface area (Å²) in [7, 11) is -3.91. The monoisotopic (exact) mass is 447 g/mol. The number of piperazine rings is 1. The lowest BCUT2D eigenvalue weighted by Gasteiger charge is -2.35. The van der Waals surface area contributed by atoms with Gasteiger partial charge in [-0.3, -0.25) is 4.79 Å². The Balaban J connectivity index is 1.49. The summed E-state index contributed by atoms with van der Waals surface area (Å²) >= 11 is 0. The van der Waals surface area contributed by atoms with Crippen LogP contribution in [0.3, 0.4) is 0 Å². The number of benzene rings is 1. The van der Waals surface area contributed by atoms with Crippen LogP contribution >= 0.6 is 0 Å². The highest BCUT2D eigenvalue weighted by molar-refractivity contribution is 7.89. The number of sulfonamides is 1. The van der Waals surface area contributed by atoms with Crippen molar-refractivity contribution < 1.29 is 17.7 Å². The van der Waals surface area contributed by atoms with Crippen molar-refractivity contribution in [2.24, 2.45) is 0 Å². The van der Waals surface area contributed by atoms with Crippen molar-refractivity contribution in [2.75, 3.05) is 32.7 Å². The van der Waals surface area contributed by atoms with E-state index in [-0.39, 0.29) is 10.8 Å². The quantitative estimate of drug-likeness (QED) is 0.689. The Morgan fingerprint density at radius 1 is 1.26 bits per heavy atom. The van der Waals surface area contributed by atoms with Gasteiger partial charge in [0.15, 0.2) is 0 Å². The number of hydrogen-bond acceptors (Lipinski definition) is 7. The van der Waals surface area contributed by atoms with Crippen LogP contribution in [-0.2, 0) is 14.8 Å². The molecule has 31 heavy (non-hydrogen) atoms. The fourth-order valence-electron chi connectivity index (χ4n) is 3.78. The zero-order chi connectivity index (χ0) is 22.2. The number of nitrogens with zero attached hydrogens (tertiary/aromatic N) is 4. The van der Waals surface area contributed by atoms with Crippen LogP contribution in [0.1, 0.15) is 44.1 Å². The van der Waals surface area contributed by atoms with Crippen LogP contribution in [0, 0.1) is 6.92 Å². The number of likely N-dealkylation sites (N-methyl/N-ethyl adjacent to an activating group) is 1. The number of rotatable bonds is 7. The van der Waals surface area contributed by atoms with Crippen LogP contribution in [0.5, 0.6) is 0 Å². The van der Waals surface area contributed by atoms with E-state index in [1.54, 1.807) is 30.9 Å². The Morgan fingerprint density at radius 2 is 1.97 bits per heavy atom. The molecule has 2 fully saturated rings. The van der Waals surface area contributed by atoms with Gasteiger partial charge >= 0.3 is 0 Å². The first kappa shape index (κ1) is 21.9. The summed E-state index contributed by atoms with van der Waals surface area (Å²) in [5.74, 6) is 1.08. The largest absolute Gasteiger partial charge is 0.339 e. The normalized spacial score (nSPS) is 18.9. The number of amides is 1. The molecule has 10 heteroatoms. The number of nitrogens with one attached hydrogen (secondary N) is 1. The van der Waals surface area contributed by atoms with Crippen LogP contribution in [-0.4, -0.2) is 73.0 Å². The number of carbonyl (C=O) groups excluding carboxylic acids is 1. The summed E-state index contributed by atoms with van der Waals surface area (Å²) in [6, 6.07) is 4.18. The third kappa shape index (κ3) is 4.81. The van der Waals surface area contributed by atoms with E-state index in [4.69, 9.17) is 4.52 Å². The van der Waals surface area contributed by atoms with Crippen LogP contribution in [0.15, 0.2) is 27.6 Å². The summed E-state index contributed by atoms with van der Waals surface area (Å²) in [6.07, 6.45) is 2.08. The van der Waals surface area contributed by atoms with Gasteiger partial charge in [0.2, 0.25) is 27.6 Å². The van der Waals surface area contributed by atoms with Crippen LogP contribution in [0.2, 0.25) is 0 Å². The third-order valence-electron chi connectivity index (χ3n) is 5.94. The summed E-state index contributed by atoms with van der Waals surface area (Å²) in [4.78, 5) is 21.3. The number of aryl methyl sites for hydroxylation is 1. The molecule has 0 unspecified atom stereocenters. The summed E-state index contributed by atoms with van der Waals surface area (Å²) in [6.45, 7) is 9.16. The molecule has 1 aromatic heterocycles. The maximum atomic E-state index is 13.1. The van der Waals surface area contributed by atoms with Gasteiger partial charge in [-0.2, -0.15) is 9.71 Å². The van der Waals surface area contributed by atoms with Gasteiger partial charge in [0, 0.05) is 37.7 Å². The minimum atomic E-state index is -3.91. The minimum absolute atomic E-state index is 0.109. The topological polar surface area (TPSA) is 109 Å². The molecule has 1 aliphatic carbocycles. The SMILES string of the molecule is CCN1CCN(C(=O)[C@H](C)NS(=O)(=O)c2cc(-c3noc(C4CC4)n3)ccc2C)CC1. The van der Waals surface area contributed by atoms with E-state index in [0.29, 0.717) is 41.8 Å². The molecular formula is C21H29N5O4S. The molecule has 0 spiro atoms. The number of carbonyl (C=O) groups is 1. The van der Waals surface area contributed by atoms with E-state index in [0.717, 1.165) is 32.5 Å². The molecule has 9 nitrogen and oxygen atoms in total. The Bertz CT molecular complexity index is 1060. The second-order valence-electron chi connectivity index (χ2n) is 8.31. The zero-order valence-electron chi connectivity index (χ0n) is 18.2. The molecule has 2 heterocycles. The number of hydrogen-bond donors (Lipinski definition) is 1. The molecule has 168 valence electrons. The van der Waals surface area contributed by atoms with Gasteiger partial charge < -0.3 is 14.3 Å². The van der Waals surface area contributed by atoms with E-state index in [9.17, 15) is 13.2 Å². The molecule has 2 aliphatic rings. The third-order valence-corrected chi connectivity index (χ3v) is 7.62. The summed E-state index contributed by atoms with van der Waals surface area (Å²) in [5, 5.41) is 4.00. The van der Waals surface area contributed by atoms with E-state index in [2.05, 4.69) is 26.7 Å². The Hall–Kier alpha value is -2.30. The molecule has 1 N–H and O–H groups in total. The first-order valence-electron chi connectivity index (χ1n) is 10.8. The lowest BCUT2D eigenvalue weighted by molar-refractivity contribution is -0.134. The smallest absolute Gasteiger partial charge is 0.241 e. The predicted octanol–water partition coefficient (Wildman–Crippen LogP) is 1.75. The van der Waals surface area contributed by atoms with Crippen molar-refractivity contribution in [1.29, 1.82) is 0 Å². The molecule has 1 amide bonds. The Kier molecular flexibility index (Phi) is 6.14. The van der Waals surface area contributed by atoms with Gasteiger partial charge in [-0.1, -0.05) is 24.2 Å². The van der Waals surface area contributed by atoms with Crippen LogP contribution in [0.25, 0.3) is 11.4 Å². The highest BCUT2D eigenvalue weighted by Gasteiger charge is 2.31. The van der Waals surface area contributed by atoms with Gasteiger partial charge in [0.25, 0.3) is 0 Å². The molecule has 2 aromatic rings. The van der Waals surface area contributed by atoms with Crippen molar-refractivity contribution in [3.63, 3.8) is 0 Å². The minimum Gasteiger partial charge on any atom is -0.339 e. The second-order valence-corrected chi connectivity index (χ2v) is 10.00. The van der Waals surface area contributed by atoms with E-state index in [1.807, 2.05) is 0 Å². The lowest BCUT2D eigenvalue weighted by atomic mass is 10.1. The lowest BCUT2D eigenvalue weighted by Crippen LogP contribution is -2.54. The maximum absolute atomic E-state index is 13.1. The first-order valence-corrected chi connectivity index (χ1v) is 12.2. The molecule has 1 aromatic carbocycles. The zero-order valence-corrected chi connectivity index (χ0v) is 19.0. The van der Waals surface area contributed by atoms with Crippen LogP contribution < -0.4 is 4.72 Å². The van der Waals surface area contributed by atoms with Gasteiger partial charge in [-0.05, 0) is 44.9 Å². The molecule has 1 saturated carbocycles. The average Bonchev–Trinajstić information content (AvgIpc) is 3.50. The molecule has 0 bridgehead atoms. The molecular weight excluding hydrogens is 418 g/mol. The van der Waals surface area contributed by atoms with Gasteiger partial charge in [0.05, 0.1) is 10.9 Å². The average molecular weight is 448 g/mol. The summed E-state index contributed by atoms with van der Waals surface area (Å²) < 4.78 is 34.1. The van der Waals surface area contributed by atoms with Crippen LogP contribution in [0.4, 0.5) is 0 Å². The van der Waals surface area contributed by atoms with E-state index >= 15 is 0 Å².